The second-order valence-electron chi connectivity index (χ2n) is 2.45. The summed E-state index contributed by atoms with van der Waals surface area (Å²) in [5.74, 6) is -1.80. The molecule has 1 spiro atoms. The maximum absolute atomic E-state index is 10.7. The summed E-state index contributed by atoms with van der Waals surface area (Å²) in [5.41, 5.74) is -1.32. The van der Waals surface area contributed by atoms with E-state index in [0.29, 0.717) is 0 Å². The van der Waals surface area contributed by atoms with Crippen molar-refractivity contribution in [1.82, 2.24) is 0 Å². The molecule has 4 nitrogen and oxygen atoms in total. The fraction of sp³-hybridized carbons (Fsp3) is 0.500. The Hall–Kier alpha value is -1.19. The van der Waals surface area contributed by atoms with Crippen LogP contribution in [0.3, 0.4) is 0 Å². The molecule has 0 N–H and O–H groups in total. The van der Waals surface area contributed by atoms with E-state index in [1.165, 1.54) is 0 Å². The van der Waals surface area contributed by atoms with Crippen molar-refractivity contribution in [3.05, 3.63) is 0 Å². The highest BCUT2D eigenvalue weighted by atomic mass is 16.5. The van der Waals surface area contributed by atoms with Gasteiger partial charge in [-0.3, -0.25) is 14.4 Å². The SMILES string of the molecule is O=C1OCCC12C(=O)C2=O. The molecule has 0 atom stereocenters. The van der Waals surface area contributed by atoms with Gasteiger partial charge in [0.05, 0.1) is 6.61 Å². The van der Waals surface area contributed by atoms with Crippen LogP contribution >= 0.6 is 0 Å². The molecule has 10 heavy (non-hydrogen) atoms. The first kappa shape index (κ1) is 5.58. The van der Waals surface area contributed by atoms with Crippen LogP contribution in [0.25, 0.3) is 0 Å². The zero-order valence-corrected chi connectivity index (χ0v) is 5.05. The average molecular weight is 140 g/mol. The zero-order chi connectivity index (χ0) is 7.35. The van der Waals surface area contributed by atoms with Gasteiger partial charge in [-0.2, -0.15) is 0 Å². The smallest absolute Gasteiger partial charge is 0.328 e. The van der Waals surface area contributed by atoms with Crippen LogP contribution in [0.5, 0.6) is 0 Å². The van der Waals surface area contributed by atoms with E-state index in [1.807, 2.05) is 0 Å². The van der Waals surface area contributed by atoms with Crippen LogP contribution in [-0.2, 0) is 19.1 Å². The van der Waals surface area contributed by atoms with Crippen LogP contribution in [0.4, 0.5) is 0 Å². The summed E-state index contributed by atoms with van der Waals surface area (Å²) in [5, 5.41) is 0. The molecule has 0 aromatic heterocycles. The third-order valence-electron chi connectivity index (χ3n) is 1.98. The highest BCUT2D eigenvalue weighted by Gasteiger charge is 2.73. The first-order valence-corrected chi connectivity index (χ1v) is 2.96. The maximum atomic E-state index is 10.7. The molecular formula is C6H4O4. The number of cyclic esters (lactones) is 1. The van der Waals surface area contributed by atoms with E-state index in [2.05, 4.69) is 4.74 Å². The minimum Gasteiger partial charge on any atom is -0.465 e. The molecule has 0 aromatic rings. The average Bonchev–Trinajstić information content (AvgIpc) is 2.28. The first-order valence-electron chi connectivity index (χ1n) is 2.96. The molecule has 52 valence electrons. The van der Waals surface area contributed by atoms with Gasteiger partial charge in [0.15, 0.2) is 0 Å². The highest BCUT2D eigenvalue weighted by molar-refractivity contribution is 6.69. The van der Waals surface area contributed by atoms with Crippen molar-refractivity contribution in [1.29, 1.82) is 0 Å². The van der Waals surface area contributed by atoms with Crippen LogP contribution in [0.1, 0.15) is 6.42 Å². The Morgan fingerprint density at radius 3 is 2.00 bits per heavy atom. The number of hydrogen-bond acceptors (Lipinski definition) is 4. The van der Waals surface area contributed by atoms with Gasteiger partial charge in [0.1, 0.15) is 0 Å². The predicted molar refractivity (Wildman–Crippen MR) is 28.0 cm³/mol. The lowest BCUT2D eigenvalue weighted by Crippen LogP contribution is -2.12. The Morgan fingerprint density at radius 1 is 1.20 bits per heavy atom. The lowest BCUT2D eigenvalue weighted by Gasteiger charge is -1.88. The Kier molecular flexibility index (Phi) is 0.716. The summed E-state index contributed by atoms with van der Waals surface area (Å²) in [6, 6.07) is 0. The summed E-state index contributed by atoms with van der Waals surface area (Å²) < 4.78 is 4.49. The molecule has 0 bridgehead atoms. The molecule has 0 radical (unpaired) electrons. The number of esters is 1. The Labute approximate surface area is 56.2 Å². The molecule has 1 heterocycles. The fourth-order valence-corrected chi connectivity index (χ4v) is 1.21. The largest absolute Gasteiger partial charge is 0.465 e. The van der Waals surface area contributed by atoms with E-state index in [-0.39, 0.29) is 13.0 Å². The van der Waals surface area contributed by atoms with Gasteiger partial charge in [0, 0.05) is 6.42 Å². The lowest BCUT2D eigenvalue weighted by atomic mass is 10.1. The van der Waals surface area contributed by atoms with Crippen molar-refractivity contribution < 1.29 is 19.1 Å². The summed E-state index contributed by atoms with van der Waals surface area (Å²) in [4.78, 5) is 31.9. The van der Waals surface area contributed by atoms with E-state index >= 15 is 0 Å². The molecule has 0 aromatic carbocycles. The van der Waals surface area contributed by atoms with Gasteiger partial charge in [0.25, 0.3) is 0 Å². The number of Topliss-reactive ketones (excluding diaryl/α,β-unsaturated/α-hetero) is 2. The number of ether oxygens (including phenoxy) is 1. The van der Waals surface area contributed by atoms with E-state index in [4.69, 9.17) is 0 Å². The van der Waals surface area contributed by atoms with E-state index in [1.54, 1.807) is 0 Å². The Balaban J connectivity index is 2.42. The molecule has 1 aliphatic carbocycles. The monoisotopic (exact) mass is 140 g/mol. The minimum absolute atomic E-state index is 0.205. The van der Waals surface area contributed by atoms with Crippen LogP contribution in [0.2, 0.25) is 0 Å². The highest BCUT2D eigenvalue weighted by Crippen LogP contribution is 2.44. The summed E-state index contributed by atoms with van der Waals surface area (Å²) in [6.07, 6.45) is 0.253. The molecule has 0 amide bonds. The van der Waals surface area contributed by atoms with Gasteiger partial charge >= 0.3 is 5.97 Å². The van der Waals surface area contributed by atoms with Crippen LogP contribution in [-0.4, -0.2) is 24.1 Å². The molecule has 0 unspecified atom stereocenters. The first-order chi connectivity index (χ1) is 4.69. The number of carbonyl (C=O) groups is 3. The van der Waals surface area contributed by atoms with Crippen LogP contribution in [0.15, 0.2) is 0 Å². The second-order valence-corrected chi connectivity index (χ2v) is 2.45. The van der Waals surface area contributed by atoms with Crippen LogP contribution < -0.4 is 0 Å². The van der Waals surface area contributed by atoms with E-state index < -0.39 is 23.0 Å². The predicted octanol–water partition coefficient (Wildman–Crippen LogP) is -0.929. The molecule has 2 rings (SSSR count). The second kappa shape index (κ2) is 1.28. The van der Waals surface area contributed by atoms with Gasteiger partial charge in [0.2, 0.25) is 17.0 Å². The van der Waals surface area contributed by atoms with Crippen molar-refractivity contribution in [2.45, 2.75) is 6.42 Å². The number of carbonyl (C=O) groups excluding carboxylic acids is 3. The molecular weight excluding hydrogens is 136 g/mol. The van der Waals surface area contributed by atoms with Crippen molar-refractivity contribution in [2.24, 2.45) is 5.41 Å². The van der Waals surface area contributed by atoms with Gasteiger partial charge in [-0.05, 0) is 0 Å². The van der Waals surface area contributed by atoms with Crippen LogP contribution in [0, 0.1) is 5.41 Å². The normalized spacial score (nSPS) is 27.4. The lowest BCUT2D eigenvalue weighted by molar-refractivity contribution is -0.143. The number of rotatable bonds is 0. The van der Waals surface area contributed by atoms with E-state index in [0.717, 1.165) is 0 Å². The zero-order valence-electron chi connectivity index (χ0n) is 5.05. The van der Waals surface area contributed by atoms with Crippen molar-refractivity contribution >= 4 is 17.5 Å². The maximum Gasteiger partial charge on any atom is 0.328 e. The standard InChI is InChI=1S/C6H4O4/c7-3-4(8)6(3)1-2-10-5(6)9/h1-2H2. The summed E-state index contributed by atoms with van der Waals surface area (Å²) >= 11 is 0. The molecule has 1 saturated carbocycles. The topological polar surface area (TPSA) is 60.4 Å². The molecule has 1 saturated heterocycles. The van der Waals surface area contributed by atoms with Gasteiger partial charge in [-0.1, -0.05) is 0 Å². The quantitative estimate of drug-likeness (QED) is 0.248. The summed E-state index contributed by atoms with van der Waals surface area (Å²) in [7, 11) is 0. The van der Waals surface area contributed by atoms with Gasteiger partial charge in [-0.25, -0.2) is 0 Å². The summed E-state index contributed by atoms with van der Waals surface area (Å²) in [6.45, 7) is 0.205. The minimum atomic E-state index is -1.32. The van der Waals surface area contributed by atoms with Crippen molar-refractivity contribution in [2.75, 3.05) is 6.61 Å². The molecule has 1 aliphatic heterocycles. The van der Waals surface area contributed by atoms with Gasteiger partial charge in [-0.15, -0.1) is 0 Å². The molecule has 4 heteroatoms. The Morgan fingerprint density at radius 2 is 1.80 bits per heavy atom. The molecule has 2 aliphatic rings. The third-order valence-corrected chi connectivity index (χ3v) is 1.98. The van der Waals surface area contributed by atoms with Crippen molar-refractivity contribution in [3.63, 3.8) is 0 Å². The van der Waals surface area contributed by atoms with Crippen molar-refractivity contribution in [3.8, 4) is 0 Å². The van der Waals surface area contributed by atoms with Gasteiger partial charge < -0.3 is 4.74 Å². The Bertz CT molecular complexity index is 238. The third kappa shape index (κ3) is 0.345. The van der Waals surface area contributed by atoms with E-state index in [9.17, 15) is 14.4 Å². The fourth-order valence-electron chi connectivity index (χ4n) is 1.21. The number of ketones is 2. The molecule has 2 fully saturated rings. The number of hydrogen-bond donors (Lipinski definition) is 0.